The fourth-order valence-electron chi connectivity index (χ4n) is 1.89. The summed E-state index contributed by atoms with van der Waals surface area (Å²) in [5.74, 6) is -0.454. The van der Waals surface area contributed by atoms with Crippen LogP contribution < -0.4 is 0 Å². The second-order valence-corrected chi connectivity index (χ2v) is 5.30. The van der Waals surface area contributed by atoms with Gasteiger partial charge in [0, 0.05) is 16.6 Å². The molecule has 1 unspecified atom stereocenters. The molecule has 6 heteroatoms. The molecule has 0 saturated heterocycles. The number of aromatic nitrogens is 2. The van der Waals surface area contributed by atoms with Crippen LogP contribution >= 0.6 is 23.2 Å². The highest BCUT2D eigenvalue weighted by Gasteiger charge is 2.23. The minimum atomic E-state index is -1.05. The van der Waals surface area contributed by atoms with Crippen LogP contribution in [0.3, 0.4) is 0 Å². The molecule has 1 N–H and O–H groups in total. The van der Waals surface area contributed by atoms with E-state index in [4.69, 9.17) is 23.2 Å². The number of hydrogen-bond donors (Lipinski definition) is 1. The van der Waals surface area contributed by atoms with Crippen LogP contribution in [0.5, 0.6) is 0 Å². The lowest BCUT2D eigenvalue weighted by atomic mass is 10.1. The highest BCUT2D eigenvalue weighted by molar-refractivity contribution is 6.32. The molecule has 1 aromatic carbocycles. The topological polar surface area (TPSA) is 38.0 Å². The maximum atomic E-state index is 13.0. The SMILES string of the molecule is CC(C)n1ncc(Cl)c1C(O)c1ccc(F)cc1Cl. The van der Waals surface area contributed by atoms with Crippen molar-refractivity contribution in [3.63, 3.8) is 0 Å². The number of rotatable bonds is 3. The quantitative estimate of drug-likeness (QED) is 0.931. The lowest BCUT2D eigenvalue weighted by Crippen LogP contribution is -2.13. The van der Waals surface area contributed by atoms with Gasteiger partial charge in [-0.25, -0.2) is 4.39 Å². The molecular formula is C13H13Cl2FN2O. The van der Waals surface area contributed by atoms with Gasteiger partial charge in [0.2, 0.25) is 0 Å². The molecule has 102 valence electrons. The first kappa shape index (κ1) is 14.3. The predicted octanol–water partition coefficient (Wildman–Crippen LogP) is 3.99. The number of benzene rings is 1. The Kier molecular flexibility index (Phi) is 4.13. The minimum absolute atomic E-state index is 0.0383. The largest absolute Gasteiger partial charge is 0.382 e. The summed E-state index contributed by atoms with van der Waals surface area (Å²) in [7, 11) is 0. The van der Waals surface area contributed by atoms with E-state index in [1.54, 1.807) is 4.68 Å². The van der Waals surface area contributed by atoms with Crippen LogP contribution in [-0.4, -0.2) is 14.9 Å². The van der Waals surface area contributed by atoms with Gasteiger partial charge < -0.3 is 5.11 Å². The Balaban J connectivity index is 2.49. The smallest absolute Gasteiger partial charge is 0.124 e. The van der Waals surface area contributed by atoms with Gasteiger partial charge in [-0.1, -0.05) is 29.3 Å². The van der Waals surface area contributed by atoms with Gasteiger partial charge in [0.05, 0.1) is 16.9 Å². The standard InChI is InChI=1S/C13H13Cl2FN2O/c1-7(2)18-12(11(15)6-17-18)13(19)9-4-3-8(16)5-10(9)14/h3-7,13,19H,1-2H3. The number of aliphatic hydroxyl groups excluding tert-OH is 1. The van der Waals surface area contributed by atoms with Gasteiger partial charge in [0.15, 0.2) is 0 Å². The molecule has 0 spiro atoms. The van der Waals surface area contributed by atoms with Crippen LogP contribution in [0.1, 0.15) is 37.3 Å². The number of halogens is 3. The molecule has 2 rings (SSSR count). The number of hydrogen-bond acceptors (Lipinski definition) is 2. The van der Waals surface area contributed by atoms with Crippen molar-refractivity contribution >= 4 is 23.2 Å². The molecule has 1 aromatic heterocycles. The molecule has 2 aromatic rings. The van der Waals surface area contributed by atoms with Gasteiger partial charge >= 0.3 is 0 Å². The van der Waals surface area contributed by atoms with Crippen LogP contribution in [0.2, 0.25) is 10.0 Å². The van der Waals surface area contributed by atoms with E-state index in [0.29, 0.717) is 16.3 Å². The zero-order valence-corrected chi connectivity index (χ0v) is 12.0. The molecule has 0 aliphatic rings. The number of nitrogens with zero attached hydrogens (tertiary/aromatic N) is 2. The first-order valence-corrected chi connectivity index (χ1v) is 6.53. The second kappa shape index (κ2) is 5.49. The molecule has 0 aliphatic heterocycles. The third-order valence-electron chi connectivity index (χ3n) is 2.79. The van der Waals surface area contributed by atoms with E-state index in [-0.39, 0.29) is 11.1 Å². The average molecular weight is 303 g/mol. The highest BCUT2D eigenvalue weighted by atomic mass is 35.5. The summed E-state index contributed by atoms with van der Waals surface area (Å²) in [6.07, 6.45) is 0.419. The third-order valence-corrected chi connectivity index (χ3v) is 3.41. The summed E-state index contributed by atoms with van der Waals surface area (Å²) in [5.41, 5.74) is 0.845. The summed E-state index contributed by atoms with van der Waals surface area (Å²) >= 11 is 12.0. The highest BCUT2D eigenvalue weighted by Crippen LogP contribution is 2.33. The van der Waals surface area contributed by atoms with Crippen molar-refractivity contribution in [1.29, 1.82) is 0 Å². The van der Waals surface area contributed by atoms with E-state index in [0.717, 1.165) is 6.07 Å². The molecule has 1 atom stereocenters. The zero-order chi connectivity index (χ0) is 14.2. The van der Waals surface area contributed by atoms with E-state index in [1.807, 2.05) is 13.8 Å². The van der Waals surface area contributed by atoms with Crippen LogP contribution in [0.4, 0.5) is 4.39 Å². The molecule has 0 fully saturated rings. The second-order valence-electron chi connectivity index (χ2n) is 4.48. The van der Waals surface area contributed by atoms with Gasteiger partial charge in [-0.3, -0.25) is 4.68 Å². The Morgan fingerprint density at radius 3 is 2.53 bits per heavy atom. The molecule has 0 saturated carbocycles. The Morgan fingerprint density at radius 1 is 1.26 bits per heavy atom. The molecule has 0 aliphatic carbocycles. The average Bonchev–Trinajstić information content (AvgIpc) is 2.70. The summed E-state index contributed by atoms with van der Waals surface area (Å²) in [6, 6.07) is 3.88. The van der Waals surface area contributed by atoms with E-state index in [2.05, 4.69) is 5.10 Å². The molecule has 0 bridgehead atoms. The molecular weight excluding hydrogens is 290 g/mol. The van der Waals surface area contributed by atoms with Gasteiger partial charge in [-0.2, -0.15) is 5.10 Å². The van der Waals surface area contributed by atoms with Crippen LogP contribution in [0.25, 0.3) is 0 Å². The first-order chi connectivity index (χ1) is 8.91. The fourth-order valence-corrected chi connectivity index (χ4v) is 2.39. The maximum Gasteiger partial charge on any atom is 0.124 e. The molecule has 3 nitrogen and oxygen atoms in total. The van der Waals surface area contributed by atoms with Crippen molar-refractivity contribution in [3.05, 3.63) is 51.5 Å². The molecule has 1 heterocycles. The third kappa shape index (κ3) is 2.76. The minimum Gasteiger partial charge on any atom is -0.382 e. The molecule has 19 heavy (non-hydrogen) atoms. The van der Waals surface area contributed by atoms with Crippen LogP contribution in [0.15, 0.2) is 24.4 Å². The van der Waals surface area contributed by atoms with E-state index >= 15 is 0 Å². The summed E-state index contributed by atoms with van der Waals surface area (Å²) in [4.78, 5) is 0. The lowest BCUT2D eigenvalue weighted by molar-refractivity contribution is 0.205. The summed E-state index contributed by atoms with van der Waals surface area (Å²) < 4.78 is 14.6. The molecule has 0 radical (unpaired) electrons. The first-order valence-electron chi connectivity index (χ1n) is 5.77. The van der Waals surface area contributed by atoms with E-state index < -0.39 is 11.9 Å². The van der Waals surface area contributed by atoms with Gasteiger partial charge in [0.1, 0.15) is 11.9 Å². The fraction of sp³-hybridized carbons (Fsp3) is 0.308. The maximum absolute atomic E-state index is 13.0. The van der Waals surface area contributed by atoms with Crippen LogP contribution in [0, 0.1) is 5.82 Å². The van der Waals surface area contributed by atoms with Crippen molar-refractivity contribution in [1.82, 2.24) is 9.78 Å². The zero-order valence-electron chi connectivity index (χ0n) is 10.4. The number of aliphatic hydroxyl groups is 1. The Morgan fingerprint density at radius 2 is 1.95 bits per heavy atom. The van der Waals surface area contributed by atoms with Crippen molar-refractivity contribution in [3.8, 4) is 0 Å². The van der Waals surface area contributed by atoms with E-state index in [1.165, 1.54) is 18.3 Å². The Hall–Kier alpha value is -1.10. The molecule has 0 amide bonds. The van der Waals surface area contributed by atoms with Gasteiger partial charge in [-0.15, -0.1) is 0 Å². The van der Waals surface area contributed by atoms with Crippen molar-refractivity contribution < 1.29 is 9.50 Å². The van der Waals surface area contributed by atoms with Crippen molar-refractivity contribution in [2.24, 2.45) is 0 Å². The van der Waals surface area contributed by atoms with Crippen molar-refractivity contribution in [2.75, 3.05) is 0 Å². The normalized spacial score (nSPS) is 13.0. The predicted molar refractivity (Wildman–Crippen MR) is 73.1 cm³/mol. The van der Waals surface area contributed by atoms with Crippen molar-refractivity contribution in [2.45, 2.75) is 26.0 Å². The Labute approximate surface area is 120 Å². The lowest BCUT2D eigenvalue weighted by Gasteiger charge is -2.17. The summed E-state index contributed by atoms with van der Waals surface area (Å²) in [6.45, 7) is 3.84. The van der Waals surface area contributed by atoms with Gasteiger partial charge in [0.25, 0.3) is 0 Å². The van der Waals surface area contributed by atoms with E-state index in [9.17, 15) is 9.50 Å². The van der Waals surface area contributed by atoms with Crippen LogP contribution in [-0.2, 0) is 0 Å². The Bertz CT molecular complexity index is 598. The summed E-state index contributed by atoms with van der Waals surface area (Å²) in [5, 5.41) is 15.0. The van der Waals surface area contributed by atoms with Gasteiger partial charge in [-0.05, 0) is 26.0 Å². The monoisotopic (exact) mass is 302 g/mol.